The van der Waals surface area contributed by atoms with Gasteiger partial charge < -0.3 is 0 Å². The van der Waals surface area contributed by atoms with Crippen LogP contribution >= 0.6 is 0 Å². The van der Waals surface area contributed by atoms with Crippen molar-refractivity contribution >= 4 is 10.0 Å². The van der Waals surface area contributed by atoms with Gasteiger partial charge in [-0.2, -0.15) is 4.31 Å². The van der Waals surface area contributed by atoms with E-state index in [1.807, 2.05) is 6.92 Å². The highest BCUT2D eigenvalue weighted by atomic mass is 32.2. The second-order valence-corrected chi connectivity index (χ2v) is 6.61. The molecule has 1 unspecified atom stereocenters. The minimum absolute atomic E-state index is 0.186. The summed E-state index contributed by atoms with van der Waals surface area (Å²) in [7, 11) is -3.44. The van der Waals surface area contributed by atoms with E-state index in [1.165, 1.54) is 22.5 Å². The Balaban J connectivity index is 2.35. The van der Waals surface area contributed by atoms with Gasteiger partial charge in [0.15, 0.2) is 0 Å². The molecular formula is C12H16FNO2S. The zero-order chi connectivity index (χ0) is 12.6. The Morgan fingerprint density at radius 1 is 1.41 bits per heavy atom. The first kappa shape index (κ1) is 12.5. The van der Waals surface area contributed by atoms with Crippen molar-refractivity contribution in [3.05, 3.63) is 29.6 Å². The number of aryl methyl sites for hydroxylation is 1. The maximum absolute atomic E-state index is 13.1. The van der Waals surface area contributed by atoms with Gasteiger partial charge in [0, 0.05) is 13.1 Å². The third-order valence-corrected chi connectivity index (χ3v) is 5.01. The minimum Gasteiger partial charge on any atom is -0.207 e. The number of rotatable bonds is 2. The van der Waals surface area contributed by atoms with Crippen LogP contribution in [0.1, 0.15) is 18.9 Å². The quantitative estimate of drug-likeness (QED) is 0.814. The molecule has 0 aromatic heterocycles. The van der Waals surface area contributed by atoms with Crippen molar-refractivity contribution in [2.45, 2.75) is 25.2 Å². The molecule has 1 heterocycles. The maximum atomic E-state index is 13.1. The van der Waals surface area contributed by atoms with Crippen molar-refractivity contribution in [3.8, 4) is 0 Å². The van der Waals surface area contributed by atoms with Crippen LogP contribution in [0.5, 0.6) is 0 Å². The molecule has 17 heavy (non-hydrogen) atoms. The van der Waals surface area contributed by atoms with Crippen molar-refractivity contribution < 1.29 is 12.8 Å². The molecule has 3 nitrogen and oxygen atoms in total. The van der Waals surface area contributed by atoms with Gasteiger partial charge in [0.25, 0.3) is 0 Å². The summed E-state index contributed by atoms with van der Waals surface area (Å²) in [5.41, 5.74) is 0.360. The number of hydrogen-bond acceptors (Lipinski definition) is 2. The number of sulfonamides is 1. The molecule has 1 aliphatic heterocycles. The molecule has 0 aliphatic carbocycles. The zero-order valence-corrected chi connectivity index (χ0v) is 10.8. The molecule has 94 valence electrons. The first-order valence-electron chi connectivity index (χ1n) is 5.67. The van der Waals surface area contributed by atoms with Crippen molar-refractivity contribution in [2.75, 3.05) is 13.1 Å². The second kappa shape index (κ2) is 4.38. The molecule has 1 atom stereocenters. The minimum atomic E-state index is -3.44. The van der Waals surface area contributed by atoms with Crippen LogP contribution in [0.2, 0.25) is 0 Å². The molecule has 1 aromatic carbocycles. The van der Waals surface area contributed by atoms with E-state index < -0.39 is 10.0 Å². The van der Waals surface area contributed by atoms with Crippen LogP contribution < -0.4 is 0 Å². The lowest BCUT2D eigenvalue weighted by Crippen LogP contribution is -2.28. The zero-order valence-electron chi connectivity index (χ0n) is 9.98. The lowest BCUT2D eigenvalue weighted by molar-refractivity contribution is 0.464. The molecule has 0 amide bonds. The molecule has 2 rings (SSSR count). The van der Waals surface area contributed by atoms with Crippen molar-refractivity contribution in [2.24, 2.45) is 5.92 Å². The molecule has 0 radical (unpaired) electrons. The number of benzene rings is 1. The standard InChI is InChI=1S/C12H16FNO2S/c1-9-5-6-14(8-9)17(15,16)11-3-4-12(13)10(2)7-11/h3-4,7,9H,5-6,8H2,1-2H3. The lowest BCUT2D eigenvalue weighted by Gasteiger charge is -2.16. The van der Waals surface area contributed by atoms with Gasteiger partial charge in [-0.25, -0.2) is 12.8 Å². The average Bonchev–Trinajstić information content (AvgIpc) is 2.69. The fraction of sp³-hybridized carbons (Fsp3) is 0.500. The summed E-state index contributed by atoms with van der Waals surface area (Å²) in [6.07, 6.45) is 0.888. The molecular weight excluding hydrogens is 241 g/mol. The van der Waals surface area contributed by atoms with E-state index in [2.05, 4.69) is 0 Å². The van der Waals surface area contributed by atoms with E-state index in [-0.39, 0.29) is 10.7 Å². The van der Waals surface area contributed by atoms with Gasteiger partial charge in [-0.3, -0.25) is 0 Å². The van der Waals surface area contributed by atoms with E-state index in [0.717, 1.165) is 6.42 Å². The summed E-state index contributed by atoms with van der Waals surface area (Å²) < 4.78 is 39.1. The first-order chi connectivity index (χ1) is 7.91. The molecule has 0 bridgehead atoms. The van der Waals surface area contributed by atoms with Crippen LogP contribution in [0.3, 0.4) is 0 Å². The molecule has 1 saturated heterocycles. The van der Waals surface area contributed by atoms with Crippen LogP contribution in [-0.4, -0.2) is 25.8 Å². The summed E-state index contributed by atoms with van der Waals surface area (Å²) in [5, 5.41) is 0. The van der Waals surface area contributed by atoms with Crippen LogP contribution in [0, 0.1) is 18.7 Å². The topological polar surface area (TPSA) is 37.4 Å². The van der Waals surface area contributed by atoms with Crippen molar-refractivity contribution in [1.29, 1.82) is 0 Å². The summed E-state index contributed by atoms with van der Waals surface area (Å²) in [6.45, 7) is 4.71. The fourth-order valence-electron chi connectivity index (χ4n) is 2.04. The SMILES string of the molecule is Cc1cc(S(=O)(=O)N2CCC(C)C2)ccc1F. The van der Waals surface area contributed by atoms with E-state index in [1.54, 1.807) is 6.92 Å². The van der Waals surface area contributed by atoms with Crippen LogP contribution in [0.4, 0.5) is 4.39 Å². The monoisotopic (exact) mass is 257 g/mol. The fourth-order valence-corrected chi connectivity index (χ4v) is 3.70. The number of nitrogens with zero attached hydrogens (tertiary/aromatic N) is 1. The van der Waals surface area contributed by atoms with E-state index in [4.69, 9.17) is 0 Å². The predicted molar refractivity (Wildman–Crippen MR) is 63.7 cm³/mol. The third kappa shape index (κ3) is 2.35. The van der Waals surface area contributed by atoms with Crippen molar-refractivity contribution in [3.63, 3.8) is 0 Å². The predicted octanol–water partition coefficient (Wildman–Crippen LogP) is 2.16. The maximum Gasteiger partial charge on any atom is 0.243 e. The largest absolute Gasteiger partial charge is 0.243 e. The average molecular weight is 257 g/mol. The molecule has 1 aromatic rings. The summed E-state index contributed by atoms with van der Waals surface area (Å²) in [6, 6.07) is 3.94. The van der Waals surface area contributed by atoms with E-state index >= 15 is 0 Å². The van der Waals surface area contributed by atoms with Gasteiger partial charge in [-0.1, -0.05) is 6.92 Å². The molecule has 5 heteroatoms. The van der Waals surface area contributed by atoms with E-state index in [9.17, 15) is 12.8 Å². The molecule has 1 fully saturated rings. The van der Waals surface area contributed by atoms with Gasteiger partial charge in [0.1, 0.15) is 5.82 Å². The lowest BCUT2D eigenvalue weighted by atomic mass is 10.2. The van der Waals surface area contributed by atoms with Gasteiger partial charge in [-0.15, -0.1) is 0 Å². The van der Waals surface area contributed by atoms with Gasteiger partial charge in [0.05, 0.1) is 4.90 Å². The molecule has 0 saturated carbocycles. The highest BCUT2D eigenvalue weighted by Gasteiger charge is 2.30. The smallest absolute Gasteiger partial charge is 0.207 e. The third-order valence-electron chi connectivity index (χ3n) is 3.15. The normalized spacial score (nSPS) is 21.9. The highest BCUT2D eigenvalue weighted by Crippen LogP contribution is 2.24. The number of hydrogen-bond donors (Lipinski definition) is 0. The summed E-state index contributed by atoms with van der Waals surface area (Å²) >= 11 is 0. The highest BCUT2D eigenvalue weighted by molar-refractivity contribution is 7.89. The Morgan fingerprint density at radius 2 is 2.12 bits per heavy atom. The molecule has 0 N–H and O–H groups in total. The summed E-state index contributed by atoms with van der Waals surface area (Å²) in [5.74, 6) is 0.0186. The van der Waals surface area contributed by atoms with Gasteiger partial charge in [-0.05, 0) is 43.0 Å². The Kier molecular flexibility index (Phi) is 3.23. The molecule has 1 aliphatic rings. The van der Waals surface area contributed by atoms with Gasteiger partial charge in [0.2, 0.25) is 10.0 Å². The first-order valence-corrected chi connectivity index (χ1v) is 7.11. The van der Waals surface area contributed by atoms with Crippen molar-refractivity contribution in [1.82, 2.24) is 4.31 Å². The van der Waals surface area contributed by atoms with Crippen LogP contribution in [-0.2, 0) is 10.0 Å². The van der Waals surface area contributed by atoms with E-state index in [0.29, 0.717) is 24.6 Å². The summed E-state index contributed by atoms with van der Waals surface area (Å²) in [4.78, 5) is 0.186. The second-order valence-electron chi connectivity index (χ2n) is 4.67. The Bertz CT molecular complexity index is 527. The molecule has 0 spiro atoms. The Labute approximate surface area is 101 Å². The van der Waals surface area contributed by atoms with Crippen LogP contribution in [0.25, 0.3) is 0 Å². The number of halogens is 1. The Morgan fingerprint density at radius 3 is 2.65 bits per heavy atom. The van der Waals surface area contributed by atoms with Gasteiger partial charge >= 0.3 is 0 Å². The Hall–Kier alpha value is -0.940. The van der Waals surface area contributed by atoms with Crippen LogP contribution in [0.15, 0.2) is 23.1 Å².